The van der Waals surface area contributed by atoms with E-state index in [1.54, 1.807) is 26.0 Å². The van der Waals surface area contributed by atoms with Gasteiger partial charge in [0.2, 0.25) is 0 Å². The molecule has 1 N–H and O–H groups in total. The summed E-state index contributed by atoms with van der Waals surface area (Å²) in [6.07, 6.45) is -0.548. The van der Waals surface area contributed by atoms with Crippen molar-refractivity contribution in [3.8, 4) is 0 Å². The highest BCUT2D eigenvalue weighted by Gasteiger charge is 2.13. The standard InChI is InChI=1S/C11H14FNO2/c1-7-9(12)5-4-6-10(7)13-11(14)8(2)15-3/h4-6,8H,1-3H3,(H,13,14). The van der Waals surface area contributed by atoms with Crippen LogP contribution in [0.1, 0.15) is 12.5 Å². The van der Waals surface area contributed by atoms with Crippen LogP contribution >= 0.6 is 0 Å². The van der Waals surface area contributed by atoms with Crippen molar-refractivity contribution in [3.05, 3.63) is 29.6 Å². The number of hydrogen-bond acceptors (Lipinski definition) is 2. The van der Waals surface area contributed by atoms with Gasteiger partial charge in [0.25, 0.3) is 5.91 Å². The first-order chi connectivity index (χ1) is 7.06. The zero-order chi connectivity index (χ0) is 11.4. The molecular formula is C11H14FNO2. The number of amides is 1. The average Bonchev–Trinajstić information content (AvgIpc) is 2.23. The van der Waals surface area contributed by atoms with Gasteiger partial charge in [-0.3, -0.25) is 4.79 Å². The summed E-state index contributed by atoms with van der Waals surface area (Å²) in [5, 5.41) is 2.60. The van der Waals surface area contributed by atoms with Gasteiger partial charge in [0.15, 0.2) is 0 Å². The Kier molecular flexibility index (Phi) is 3.80. The fourth-order valence-electron chi connectivity index (χ4n) is 1.08. The Hall–Kier alpha value is -1.42. The molecule has 3 nitrogen and oxygen atoms in total. The highest BCUT2D eigenvalue weighted by atomic mass is 19.1. The van der Waals surface area contributed by atoms with Gasteiger partial charge in [0.05, 0.1) is 0 Å². The second kappa shape index (κ2) is 4.89. The third-order valence-corrected chi connectivity index (χ3v) is 2.25. The summed E-state index contributed by atoms with van der Waals surface area (Å²) in [6, 6.07) is 4.55. The van der Waals surface area contributed by atoms with Crippen molar-refractivity contribution in [3.63, 3.8) is 0 Å². The summed E-state index contributed by atoms with van der Waals surface area (Å²) in [5.41, 5.74) is 0.901. The topological polar surface area (TPSA) is 38.3 Å². The van der Waals surface area contributed by atoms with Gasteiger partial charge in [-0.2, -0.15) is 0 Å². The van der Waals surface area contributed by atoms with Crippen molar-refractivity contribution in [2.45, 2.75) is 20.0 Å². The van der Waals surface area contributed by atoms with Crippen molar-refractivity contribution in [1.82, 2.24) is 0 Å². The molecule has 1 unspecified atom stereocenters. The van der Waals surface area contributed by atoms with Gasteiger partial charge in [-0.15, -0.1) is 0 Å². The van der Waals surface area contributed by atoms with Gasteiger partial charge in [-0.25, -0.2) is 4.39 Å². The molecule has 1 amide bonds. The van der Waals surface area contributed by atoms with Crippen LogP contribution in [0.3, 0.4) is 0 Å². The second-order valence-electron chi connectivity index (χ2n) is 3.28. The highest BCUT2D eigenvalue weighted by Crippen LogP contribution is 2.17. The van der Waals surface area contributed by atoms with Gasteiger partial charge in [-0.05, 0) is 26.0 Å². The van der Waals surface area contributed by atoms with Crippen LogP contribution in [0.2, 0.25) is 0 Å². The first-order valence-electron chi connectivity index (χ1n) is 4.65. The number of ether oxygens (including phenoxy) is 1. The molecule has 0 aromatic heterocycles. The molecule has 0 saturated heterocycles. The number of benzene rings is 1. The largest absolute Gasteiger partial charge is 0.372 e. The zero-order valence-electron chi connectivity index (χ0n) is 9.00. The third kappa shape index (κ3) is 2.76. The summed E-state index contributed by atoms with van der Waals surface area (Å²) >= 11 is 0. The van der Waals surface area contributed by atoms with Crippen LogP contribution in [0, 0.1) is 12.7 Å². The van der Waals surface area contributed by atoms with Gasteiger partial charge in [0.1, 0.15) is 11.9 Å². The number of hydrogen-bond donors (Lipinski definition) is 1. The van der Waals surface area contributed by atoms with E-state index in [0.717, 1.165) is 0 Å². The monoisotopic (exact) mass is 211 g/mol. The average molecular weight is 211 g/mol. The summed E-state index contributed by atoms with van der Waals surface area (Å²) in [6.45, 7) is 3.24. The predicted octanol–water partition coefficient (Wildman–Crippen LogP) is 2.11. The van der Waals surface area contributed by atoms with E-state index in [-0.39, 0.29) is 11.7 Å². The Bertz CT molecular complexity index is 366. The molecule has 0 heterocycles. The normalized spacial score (nSPS) is 12.3. The summed E-state index contributed by atoms with van der Waals surface area (Å²) in [7, 11) is 1.45. The Morgan fingerprint density at radius 3 is 2.80 bits per heavy atom. The lowest BCUT2D eigenvalue weighted by Crippen LogP contribution is -2.26. The van der Waals surface area contributed by atoms with E-state index in [0.29, 0.717) is 11.3 Å². The molecular weight excluding hydrogens is 197 g/mol. The molecule has 1 aromatic carbocycles. The first kappa shape index (κ1) is 11.7. The van der Waals surface area contributed by atoms with E-state index in [9.17, 15) is 9.18 Å². The fourth-order valence-corrected chi connectivity index (χ4v) is 1.08. The minimum absolute atomic E-state index is 0.286. The molecule has 1 aromatic rings. The van der Waals surface area contributed by atoms with Crippen LogP contribution in [0.15, 0.2) is 18.2 Å². The molecule has 0 saturated carbocycles. The number of carbonyl (C=O) groups is 1. The molecule has 1 atom stereocenters. The molecule has 1 rings (SSSR count). The Morgan fingerprint density at radius 1 is 1.53 bits per heavy atom. The molecule has 4 heteroatoms. The van der Waals surface area contributed by atoms with E-state index in [1.807, 2.05) is 0 Å². The smallest absolute Gasteiger partial charge is 0.253 e. The quantitative estimate of drug-likeness (QED) is 0.831. The molecule has 15 heavy (non-hydrogen) atoms. The van der Waals surface area contributed by atoms with Crippen molar-refractivity contribution in [2.24, 2.45) is 0 Å². The van der Waals surface area contributed by atoms with Crippen LogP contribution < -0.4 is 5.32 Å². The third-order valence-electron chi connectivity index (χ3n) is 2.25. The van der Waals surface area contributed by atoms with Crippen LogP contribution in [0.5, 0.6) is 0 Å². The number of rotatable bonds is 3. The maximum atomic E-state index is 13.1. The zero-order valence-corrected chi connectivity index (χ0v) is 9.00. The van der Waals surface area contributed by atoms with Crippen LogP contribution in [0.25, 0.3) is 0 Å². The Morgan fingerprint density at radius 2 is 2.20 bits per heavy atom. The van der Waals surface area contributed by atoms with Gasteiger partial charge in [0, 0.05) is 18.4 Å². The maximum Gasteiger partial charge on any atom is 0.253 e. The van der Waals surface area contributed by atoms with Crippen LogP contribution in [-0.2, 0) is 9.53 Å². The number of halogens is 1. The molecule has 0 aliphatic rings. The maximum absolute atomic E-state index is 13.1. The van der Waals surface area contributed by atoms with Gasteiger partial charge in [-0.1, -0.05) is 6.07 Å². The molecule has 0 bridgehead atoms. The lowest BCUT2D eigenvalue weighted by Gasteiger charge is -2.12. The summed E-state index contributed by atoms with van der Waals surface area (Å²) in [4.78, 5) is 11.4. The number of carbonyl (C=O) groups excluding carboxylic acids is 1. The second-order valence-corrected chi connectivity index (χ2v) is 3.28. The fraction of sp³-hybridized carbons (Fsp3) is 0.364. The van der Waals surface area contributed by atoms with Crippen molar-refractivity contribution >= 4 is 11.6 Å². The molecule has 82 valence electrons. The number of anilines is 1. The van der Waals surface area contributed by atoms with Gasteiger partial charge >= 0.3 is 0 Å². The SMILES string of the molecule is COC(C)C(=O)Nc1cccc(F)c1C. The van der Waals surface area contributed by atoms with Gasteiger partial charge < -0.3 is 10.1 Å². The Labute approximate surface area is 88.2 Å². The van der Waals surface area contributed by atoms with E-state index < -0.39 is 6.10 Å². The van der Waals surface area contributed by atoms with Crippen molar-refractivity contribution < 1.29 is 13.9 Å². The molecule has 0 radical (unpaired) electrons. The molecule has 0 fully saturated rings. The lowest BCUT2D eigenvalue weighted by atomic mass is 10.2. The van der Waals surface area contributed by atoms with E-state index in [4.69, 9.17) is 4.74 Å². The van der Waals surface area contributed by atoms with E-state index >= 15 is 0 Å². The number of methoxy groups -OCH3 is 1. The molecule has 0 spiro atoms. The van der Waals surface area contributed by atoms with E-state index in [1.165, 1.54) is 13.2 Å². The first-order valence-corrected chi connectivity index (χ1v) is 4.65. The number of nitrogens with one attached hydrogen (secondary N) is 1. The van der Waals surface area contributed by atoms with E-state index in [2.05, 4.69) is 5.32 Å². The molecule has 0 aliphatic carbocycles. The minimum atomic E-state index is -0.548. The summed E-state index contributed by atoms with van der Waals surface area (Å²) < 4.78 is 18.0. The summed E-state index contributed by atoms with van der Waals surface area (Å²) in [5.74, 6) is -0.621. The van der Waals surface area contributed by atoms with Crippen molar-refractivity contribution in [2.75, 3.05) is 12.4 Å². The lowest BCUT2D eigenvalue weighted by molar-refractivity contribution is -0.124. The minimum Gasteiger partial charge on any atom is -0.372 e. The van der Waals surface area contributed by atoms with Crippen LogP contribution in [0.4, 0.5) is 10.1 Å². The van der Waals surface area contributed by atoms with Crippen molar-refractivity contribution in [1.29, 1.82) is 0 Å². The van der Waals surface area contributed by atoms with Crippen LogP contribution in [-0.4, -0.2) is 19.1 Å². The Balaban J connectivity index is 2.81. The molecule has 0 aliphatic heterocycles. The predicted molar refractivity (Wildman–Crippen MR) is 56.2 cm³/mol. The highest BCUT2D eigenvalue weighted by molar-refractivity contribution is 5.94.